The van der Waals surface area contributed by atoms with Crippen LogP contribution in [0.5, 0.6) is 0 Å². The van der Waals surface area contributed by atoms with Crippen molar-refractivity contribution in [2.45, 2.75) is 26.3 Å². The molecule has 2 atom stereocenters. The fraction of sp³-hybridized carbons (Fsp3) is 0.600. The second-order valence-corrected chi connectivity index (χ2v) is 5.93. The van der Waals surface area contributed by atoms with E-state index in [-0.39, 0.29) is 6.04 Å². The van der Waals surface area contributed by atoms with Crippen molar-refractivity contribution in [3.05, 3.63) is 21.3 Å². The third kappa shape index (κ3) is 1.70. The maximum absolute atomic E-state index is 6.09. The summed E-state index contributed by atoms with van der Waals surface area (Å²) < 4.78 is 0. The van der Waals surface area contributed by atoms with E-state index in [2.05, 4.69) is 19.3 Å². The van der Waals surface area contributed by atoms with Gasteiger partial charge in [-0.25, -0.2) is 0 Å². The third-order valence-corrected chi connectivity index (χ3v) is 4.54. The van der Waals surface area contributed by atoms with Gasteiger partial charge >= 0.3 is 0 Å². The second kappa shape index (κ2) is 3.49. The lowest BCUT2D eigenvalue weighted by Crippen LogP contribution is -2.30. The first-order valence-electron chi connectivity index (χ1n) is 4.75. The van der Waals surface area contributed by atoms with Gasteiger partial charge in [0.15, 0.2) is 0 Å². The molecule has 0 aromatic carbocycles. The molecule has 0 saturated heterocycles. The Morgan fingerprint density at radius 3 is 2.71 bits per heavy atom. The highest BCUT2D eigenvalue weighted by Gasteiger charge is 2.50. The average molecular weight is 231 g/mol. The van der Waals surface area contributed by atoms with E-state index in [4.69, 9.17) is 17.4 Å². The van der Waals surface area contributed by atoms with Gasteiger partial charge in [0, 0.05) is 4.88 Å². The topological polar surface area (TPSA) is 38.0 Å². The SMILES string of the molecule is CC1(C)CC1C(NN)c1sccc1Cl. The standard InChI is InChI=1S/C10H15ClN2S/c1-10(2)5-6(10)8(13-12)9-7(11)3-4-14-9/h3-4,6,8,13H,5,12H2,1-2H3. The van der Waals surface area contributed by atoms with Crippen LogP contribution >= 0.6 is 22.9 Å². The molecule has 1 fully saturated rings. The molecule has 1 aliphatic rings. The fourth-order valence-corrected chi connectivity index (χ4v) is 3.28. The van der Waals surface area contributed by atoms with Gasteiger partial charge in [0.2, 0.25) is 0 Å². The Hall–Kier alpha value is -0.0900. The number of nitrogens with one attached hydrogen (secondary N) is 1. The van der Waals surface area contributed by atoms with Crippen molar-refractivity contribution in [3.63, 3.8) is 0 Å². The molecular formula is C10H15ClN2S. The van der Waals surface area contributed by atoms with Gasteiger partial charge < -0.3 is 0 Å². The van der Waals surface area contributed by atoms with Crippen molar-refractivity contribution in [1.82, 2.24) is 5.43 Å². The van der Waals surface area contributed by atoms with E-state index in [0.29, 0.717) is 11.3 Å². The molecule has 14 heavy (non-hydrogen) atoms. The molecule has 0 spiro atoms. The largest absolute Gasteiger partial charge is 0.271 e. The maximum Gasteiger partial charge on any atom is 0.0601 e. The highest BCUT2D eigenvalue weighted by molar-refractivity contribution is 7.10. The van der Waals surface area contributed by atoms with Gasteiger partial charge in [-0.05, 0) is 29.2 Å². The monoisotopic (exact) mass is 230 g/mol. The quantitative estimate of drug-likeness (QED) is 0.619. The fourth-order valence-electron chi connectivity index (χ4n) is 1.98. The van der Waals surface area contributed by atoms with Gasteiger partial charge in [-0.1, -0.05) is 25.4 Å². The van der Waals surface area contributed by atoms with Gasteiger partial charge in [0.1, 0.15) is 0 Å². The minimum atomic E-state index is 0.220. The molecule has 3 N–H and O–H groups in total. The van der Waals surface area contributed by atoms with Crippen molar-refractivity contribution in [2.24, 2.45) is 17.2 Å². The molecule has 0 aliphatic heterocycles. The first-order chi connectivity index (χ1) is 6.56. The summed E-state index contributed by atoms with van der Waals surface area (Å²) in [6.07, 6.45) is 1.22. The Morgan fingerprint density at radius 2 is 2.36 bits per heavy atom. The molecule has 1 heterocycles. The predicted octanol–water partition coefficient (Wildman–Crippen LogP) is 2.95. The number of hydrazine groups is 1. The number of hydrogen-bond donors (Lipinski definition) is 2. The minimum absolute atomic E-state index is 0.220. The molecule has 1 saturated carbocycles. The van der Waals surface area contributed by atoms with Crippen molar-refractivity contribution < 1.29 is 0 Å². The van der Waals surface area contributed by atoms with Crippen LogP contribution < -0.4 is 11.3 Å². The Balaban J connectivity index is 2.20. The summed E-state index contributed by atoms with van der Waals surface area (Å²) in [7, 11) is 0. The van der Waals surface area contributed by atoms with Gasteiger partial charge in [0.05, 0.1) is 11.1 Å². The van der Waals surface area contributed by atoms with Crippen molar-refractivity contribution >= 4 is 22.9 Å². The van der Waals surface area contributed by atoms with Gasteiger partial charge in [-0.3, -0.25) is 11.3 Å². The molecule has 78 valence electrons. The summed E-state index contributed by atoms with van der Waals surface area (Å²) in [5.74, 6) is 6.21. The van der Waals surface area contributed by atoms with Crippen molar-refractivity contribution in [2.75, 3.05) is 0 Å². The van der Waals surface area contributed by atoms with Crippen LogP contribution in [0.15, 0.2) is 11.4 Å². The van der Waals surface area contributed by atoms with E-state index in [1.54, 1.807) is 11.3 Å². The van der Waals surface area contributed by atoms with Crippen LogP contribution in [-0.4, -0.2) is 0 Å². The first kappa shape index (κ1) is 10.4. The van der Waals surface area contributed by atoms with Crippen molar-refractivity contribution in [3.8, 4) is 0 Å². The lowest BCUT2D eigenvalue weighted by Gasteiger charge is -2.16. The van der Waals surface area contributed by atoms with Crippen LogP contribution in [0.3, 0.4) is 0 Å². The Kier molecular flexibility index (Phi) is 2.60. The molecule has 0 radical (unpaired) electrons. The number of nitrogens with two attached hydrogens (primary N) is 1. The molecular weight excluding hydrogens is 216 g/mol. The minimum Gasteiger partial charge on any atom is -0.271 e. The normalized spacial score (nSPS) is 26.1. The summed E-state index contributed by atoms with van der Waals surface area (Å²) in [5.41, 5.74) is 3.30. The molecule has 1 aromatic heterocycles. The molecule has 2 rings (SSSR count). The van der Waals surface area contributed by atoms with E-state index < -0.39 is 0 Å². The molecule has 1 aromatic rings. The number of hydrogen-bond acceptors (Lipinski definition) is 3. The van der Waals surface area contributed by atoms with Crippen LogP contribution in [0.25, 0.3) is 0 Å². The zero-order valence-corrected chi connectivity index (χ0v) is 9.95. The van der Waals surface area contributed by atoms with Crippen molar-refractivity contribution in [1.29, 1.82) is 0 Å². The predicted molar refractivity (Wildman–Crippen MR) is 61.3 cm³/mol. The number of halogens is 1. The highest BCUT2D eigenvalue weighted by atomic mass is 35.5. The maximum atomic E-state index is 6.09. The second-order valence-electron chi connectivity index (χ2n) is 4.58. The smallest absolute Gasteiger partial charge is 0.0601 e. The van der Waals surface area contributed by atoms with Crippen LogP contribution in [0.2, 0.25) is 5.02 Å². The van der Waals surface area contributed by atoms with E-state index in [1.807, 2.05) is 11.4 Å². The summed E-state index contributed by atoms with van der Waals surface area (Å²) in [6.45, 7) is 4.53. The summed E-state index contributed by atoms with van der Waals surface area (Å²) in [4.78, 5) is 1.17. The molecule has 1 aliphatic carbocycles. The zero-order valence-electron chi connectivity index (χ0n) is 8.38. The molecule has 2 nitrogen and oxygen atoms in total. The van der Waals surface area contributed by atoms with E-state index >= 15 is 0 Å². The van der Waals surface area contributed by atoms with E-state index in [0.717, 1.165) is 5.02 Å². The summed E-state index contributed by atoms with van der Waals surface area (Å²) in [5, 5.41) is 2.85. The molecule has 0 bridgehead atoms. The number of thiophene rings is 1. The van der Waals surface area contributed by atoms with E-state index in [9.17, 15) is 0 Å². The van der Waals surface area contributed by atoms with Gasteiger partial charge in [-0.15, -0.1) is 11.3 Å². The third-order valence-electron chi connectivity index (χ3n) is 3.10. The molecule has 4 heteroatoms. The van der Waals surface area contributed by atoms with Crippen LogP contribution in [0.1, 0.15) is 31.2 Å². The highest BCUT2D eigenvalue weighted by Crippen LogP contribution is 2.58. The van der Waals surface area contributed by atoms with Gasteiger partial charge in [0.25, 0.3) is 0 Å². The summed E-state index contributed by atoms with van der Waals surface area (Å²) in [6, 6.07) is 2.15. The molecule has 0 amide bonds. The first-order valence-corrected chi connectivity index (χ1v) is 6.01. The number of rotatable bonds is 3. The lowest BCUT2D eigenvalue weighted by atomic mass is 10.0. The average Bonchev–Trinajstić information content (AvgIpc) is 2.55. The van der Waals surface area contributed by atoms with Crippen LogP contribution in [-0.2, 0) is 0 Å². The molecule has 2 unspecified atom stereocenters. The summed E-state index contributed by atoms with van der Waals surface area (Å²) >= 11 is 7.77. The Morgan fingerprint density at radius 1 is 1.71 bits per heavy atom. The van der Waals surface area contributed by atoms with Crippen LogP contribution in [0, 0.1) is 11.3 Å². The van der Waals surface area contributed by atoms with Crippen LogP contribution in [0.4, 0.5) is 0 Å². The Labute approximate surface area is 93.4 Å². The van der Waals surface area contributed by atoms with Gasteiger partial charge in [-0.2, -0.15) is 0 Å². The Bertz CT molecular complexity index is 335. The lowest BCUT2D eigenvalue weighted by molar-refractivity contribution is 0.428. The van der Waals surface area contributed by atoms with E-state index in [1.165, 1.54) is 11.3 Å². The zero-order chi connectivity index (χ0) is 10.3.